The van der Waals surface area contributed by atoms with Crippen molar-refractivity contribution in [3.8, 4) is 11.5 Å². The van der Waals surface area contributed by atoms with E-state index in [0.29, 0.717) is 5.75 Å². The monoisotopic (exact) mass is 153 g/mol. The third-order valence-corrected chi connectivity index (χ3v) is 1.41. The summed E-state index contributed by atoms with van der Waals surface area (Å²) < 4.78 is 10.1. The van der Waals surface area contributed by atoms with Crippen molar-refractivity contribution in [1.82, 2.24) is 4.98 Å². The van der Waals surface area contributed by atoms with Gasteiger partial charge in [0, 0.05) is 11.8 Å². The molecule has 0 amide bonds. The van der Waals surface area contributed by atoms with Crippen LogP contribution in [0.5, 0.6) is 11.5 Å². The van der Waals surface area contributed by atoms with E-state index in [9.17, 15) is 0 Å². The number of aryl methyl sites for hydroxylation is 1. The summed E-state index contributed by atoms with van der Waals surface area (Å²) in [5.74, 6) is 1.39. The Bertz CT molecular complexity index is 248. The summed E-state index contributed by atoms with van der Waals surface area (Å²) in [5.41, 5.74) is 0.919. The van der Waals surface area contributed by atoms with Crippen molar-refractivity contribution in [3.63, 3.8) is 0 Å². The first kappa shape index (κ1) is 7.85. The number of pyridine rings is 1. The molecule has 60 valence electrons. The van der Waals surface area contributed by atoms with Crippen molar-refractivity contribution in [2.75, 3.05) is 14.2 Å². The van der Waals surface area contributed by atoms with Crippen LogP contribution in [0, 0.1) is 6.92 Å². The van der Waals surface area contributed by atoms with Gasteiger partial charge in [0.05, 0.1) is 20.4 Å². The molecule has 1 aromatic heterocycles. The van der Waals surface area contributed by atoms with E-state index in [1.54, 1.807) is 20.4 Å². The Labute approximate surface area is 66.0 Å². The number of methoxy groups -OCH3 is 2. The van der Waals surface area contributed by atoms with E-state index in [4.69, 9.17) is 9.47 Å². The maximum Gasteiger partial charge on any atom is 0.179 e. The van der Waals surface area contributed by atoms with Gasteiger partial charge in [-0.15, -0.1) is 0 Å². The lowest BCUT2D eigenvalue weighted by molar-refractivity contribution is 0.353. The predicted molar refractivity (Wildman–Crippen MR) is 42.1 cm³/mol. The lowest BCUT2D eigenvalue weighted by Crippen LogP contribution is -1.92. The summed E-state index contributed by atoms with van der Waals surface area (Å²) in [6.45, 7) is 1.90. The van der Waals surface area contributed by atoms with Crippen LogP contribution < -0.4 is 9.47 Å². The van der Waals surface area contributed by atoms with Crippen LogP contribution in [0.2, 0.25) is 0 Å². The predicted octanol–water partition coefficient (Wildman–Crippen LogP) is 1.41. The minimum atomic E-state index is 0.665. The molecular formula is C8H11NO2. The second-order valence-electron chi connectivity index (χ2n) is 2.18. The Hall–Kier alpha value is -1.25. The van der Waals surface area contributed by atoms with Gasteiger partial charge >= 0.3 is 0 Å². The third-order valence-electron chi connectivity index (χ3n) is 1.41. The molecule has 3 nitrogen and oxygen atoms in total. The van der Waals surface area contributed by atoms with E-state index in [2.05, 4.69) is 4.98 Å². The highest BCUT2D eigenvalue weighted by Gasteiger charge is 2.01. The smallest absolute Gasteiger partial charge is 0.179 e. The summed E-state index contributed by atoms with van der Waals surface area (Å²) in [6, 6.07) is 1.83. The molecule has 11 heavy (non-hydrogen) atoms. The van der Waals surface area contributed by atoms with Gasteiger partial charge in [-0.3, -0.25) is 4.98 Å². The Morgan fingerprint density at radius 1 is 1.18 bits per heavy atom. The fourth-order valence-corrected chi connectivity index (χ4v) is 0.835. The van der Waals surface area contributed by atoms with Crippen molar-refractivity contribution in [2.45, 2.75) is 6.92 Å². The molecule has 1 heterocycles. The zero-order valence-electron chi connectivity index (χ0n) is 6.92. The fourth-order valence-electron chi connectivity index (χ4n) is 0.835. The molecule has 3 heteroatoms. The molecule has 1 rings (SSSR count). The molecule has 0 saturated carbocycles. The van der Waals surface area contributed by atoms with Crippen molar-refractivity contribution in [3.05, 3.63) is 18.0 Å². The van der Waals surface area contributed by atoms with E-state index < -0.39 is 0 Å². The lowest BCUT2D eigenvalue weighted by atomic mass is 10.3. The first-order valence-corrected chi connectivity index (χ1v) is 3.32. The lowest BCUT2D eigenvalue weighted by Gasteiger charge is -2.06. The van der Waals surface area contributed by atoms with Crippen molar-refractivity contribution in [1.29, 1.82) is 0 Å². The van der Waals surface area contributed by atoms with E-state index in [-0.39, 0.29) is 0 Å². The van der Waals surface area contributed by atoms with Gasteiger partial charge in [-0.25, -0.2) is 0 Å². The summed E-state index contributed by atoms with van der Waals surface area (Å²) in [5, 5.41) is 0. The number of aromatic nitrogens is 1. The normalized spacial score (nSPS) is 9.36. The van der Waals surface area contributed by atoms with Crippen LogP contribution in [-0.4, -0.2) is 19.2 Å². The molecule has 0 aliphatic carbocycles. The Morgan fingerprint density at radius 3 is 2.36 bits per heavy atom. The average Bonchev–Trinajstić information content (AvgIpc) is 2.04. The number of ether oxygens (including phenoxy) is 2. The second-order valence-corrected chi connectivity index (χ2v) is 2.18. The quantitative estimate of drug-likeness (QED) is 0.643. The molecule has 0 saturated heterocycles. The van der Waals surface area contributed by atoms with Gasteiger partial charge in [0.1, 0.15) is 0 Å². The SMILES string of the molecule is COc1cnc(C)cc1OC. The molecule has 0 fully saturated rings. The van der Waals surface area contributed by atoms with Crippen LogP contribution >= 0.6 is 0 Å². The molecule has 0 atom stereocenters. The summed E-state index contributed by atoms with van der Waals surface area (Å²) in [4.78, 5) is 4.05. The molecule has 0 aromatic carbocycles. The van der Waals surface area contributed by atoms with Gasteiger partial charge in [0.25, 0.3) is 0 Å². The zero-order chi connectivity index (χ0) is 8.27. The van der Waals surface area contributed by atoms with E-state index in [1.165, 1.54) is 0 Å². The molecule has 0 aliphatic rings. The summed E-state index contributed by atoms with van der Waals surface area (Å²) in [6.07, 6.45) is 1.65. The Morgan fingerprint density at radius 2 is 1.82 bits per heavy atom. The van der Waals surface area contributed by atoms with Gasteiger partial charge in [-0.2, -0.15) is 0 Å². The van der Waals surface area contributed by atoms with Crippen LogP contribution in [0.1, 0.15) is 5.69 Å². The Kier molecular flexibility index (Phi) is 2.31. The van der Waals surface area contributed by atoms with Crippen LogP contribution in [0.25, 0.3) is 0 Å². The fraction of sp³-hybridized carbons (Fsp3) is 0.375. The summed E-state index contributed by atoms with van der Waals surface area (Å²) >= 11 is 0. The van der Waals surface area contributed by atoms with Gasteiger partial charge < -0.3 is 9.47 Å². The topological polar surface area (TPSA) is 31.4 Å². The minimum absolute atomic E-state index is 0.665. The third kappa shape index (κ3) is 1.61. The van der Waals surface area contributed by atoms with Crippen molar-refractivity contribution >= 4 is 0 Å². The van der Waals surface area contributed by atoms with E-state index in [1.807, 2.05) is 13.0 Å². The molecular weight excluding hydrogens is 142 g/mol. The van der Waals surface area contributed by atoms with Crippen LogP contribution in [-0.2, 0) is 0 Å². The number of nitrogens with zero attached hydrogens (tertiary/aromatic N) is 1. The highest BCUT2D eigenvalue weighted by Crippen LogP contribution is 2.25. The van der Waals surface area contributed by atoms with Crippen LogP contribution in [0.4, 0.5) is 0 Å². The van der Waals surface area contributed by atoms with Crippen LogP contribution in [0.15, 0.2) is 12.3 Å². The maximum atomic E-state index is 5.05. The zero-order valence-corrected chi connectivity index (χ0v) is 6.92. The van der Waals surface area contributed by atoms with Gasteiger partial charge in [0.15, 0.2) is 11.5 Å². The minimum Gasteiger partial charge on any atom is -0.493 e. The molecule has 0 spiro atoms. The first-order chi connectivity index (χ1) is 5.27. The summed E-state index contributed by atoms with van der Waals surface area (Å²) in [7, 11) is 3.20. The highest BCUT2D eigenvalue weighted by atomic mass is 16.5. The number of rotatable bonds is 2. The number of hydrogen-bond acceptors (Lipinski definition) is 3. The van der Waals surface area contributed by atoms with Crippen molar-refractivity contribution in [2.24, 2.45) is 0 Å². The molecule has 0 unspecified atom stereocenters. The van der Waals surface area contributed by atoms with E-state index >= 15 is 0 Å². The van der Waals surface area contributed by atoms with Gasteiger partial charge in [-0.05, 0) is 6.92 Å². The van der Waals surface area contributed by atoms with Crippen LogP contribution in [0.3, 0.4) is 0 Å². The maximum absolute atomic E-state index is 5.05. The molecule has 0 N–H and O–H groups in total. The van der Waals surface area contributed by atoms with E-state index in [0.717, 1.165) is 11.4 Å². The second kappa shape index (κ2) is 3.23. The average molecular weight is 153 g/mol. The largest absolute Gasteiger partial charge is 0.493 e. The molecule has 0 radical (unpaired) electrons. The van der Waals surface area contributed by atoms with Gasteiger partial charge in [-0.1, -0.05) is 0 Å². The standard InChI is InChI=1S/C8H11NO2/c1-6-4-7(10-2)8(11-3)5-9-6/h4-5H,1-3H3. The molecule has 1 aromatic rings. The van der Waals surface area contributed by atoms with Gasteiger partial charge in [0.2, 0.25) is 0 Å². The highest BCUT2D eigenvalue weighted by molar-refractivity contribution is 5.38. The molecule has 0 bridgehead atoms. The Balaban J connectivity index is 3.06. The first-order valence-electron chi connectivity index (χ1n) is 3.32. The van der Waals surface area contributed by atoms with Crippen molar-refractivity contribution < 1.29 is 9.47 Å². The molecule has 0 aliphatic heterocycles. The number of hydrogen-bond donors (Lipinski definition) is 0.